The Morgan fingerprint density at radius 2 is 1.35 bits per heavy atom. The molecule has 8 aromatic rings. The van der Waals surface area contributed by atoms with E-state index in [1.807, 2.05) is 91.2 Å². The summed E-state index contributed by atoms with van der Waals surface area (Å²) in [7, 11) is 0. The molecule has 2 heterocycles. The molecule has 0 aliphatic rings. The number of phenols is 1. The molecule has 0 saturated heterocycles. The Morgan fingerprint density at radius 1 is 0.651 bits per heavy atom. The van der Waals surface area contributed by atoms with E-state index in [0.29, 0.717) is 39.4 Å². The van der Waals surface area contributed by atoms with Crippen LogP contribution in [0.15, 0.2) is 128 Å². The maximum absolute atomic E-state index is 11.7. The number of hydrogen-bond donors (Lipinski definition) is 1. The molecule has 0 atom stereocenters. The van der Waals surface area contributed by atoms with Crippen molar-refractivity contribution in [3.05, 3.63) is 167 Å². The number of aromatic hydroxyl groups is 1. The van der Waals surface area contributed by atoms with Crippen LogP contribution in [0, 0.1) is 19.8 Å². The van der Waals surface area contributed by atoms with Crippen LogP contribution in [0.3, 0.4) is 0 Å². The standard InChI is InChI=1S/C58H60N3O.Pt/c1-35(2)42-27-43(36(3)4)29-44(28-42)40-20-22-52(38(6)26-40)61-53-15-13-14-49(55(53)60-56(61)50-34-47(57(7,8)9)21-23-54(50)62)45-30-46(32-48(31-45)58(10,11)12)51-33-41(24-25-59-51)39-18-16-37(5)17-19-39;/h13-29,31-36,62H,1-12H3;/q-1;/i5D3,6D3,35D;. The third kappa shape index (κ3) is 9.25. The van der Waals surface area contributed by atoms with Gasteiger partial charge in [-0.15, -0.1) is 29.3 Å². The van der Waals surface area contributed by atoms with Crippen molar-refractivity contribution in [3.63, 3.8) is 0 Å². The van der Waals surface area contributed by atoms with Crippen molar-refractivity contribution in [3.8, 4) is 67.5 Å². The minimum absolute atomic E-state index is 0. The van der Waals surface area contributed by atoms with Crippen LogP contribution in [0.2, 0.25) is 0 Å². The molecule has 0 aliphatic heterocycles. The number of nitrogens with zero attached hydrogens (tertiary/aromatic N) is 3. The summed E-state index contributed by atoms with van der Waals surface area (Å²) in [4.78, 5) is 10.2. The van der Waals surface area contributed by atoms with Gasteiger partial charge in [-0.05, 0) is 117 Å². The van der Waals surface area contributed by atoms with Gasteiger partial charge in [-0.3, -0.25) is 9.55 Å². The van der Waals surface area contributed by atoms with Gasteiger partial charge in [-0.25, -0.2) is 4.98 Å². The monoisotopic (exact) mass is 1020 g/mol. The van der Waals surface area contributed by atoms with Gasteiger partial charge in [0, 0.05) is 42.6 Å². The van der Waals surface area contributed by atoms with Crippen LogP contribution in [0.25, 0.3) is 72.7 Å². The minimum Gasteiger partial charge on any atom is -0.507 e. The summed E-state index contributed by atoms with van der Waals surface area (Å²) in [5.74, 6) is -0.302. The molecule has 0 amide bonds. The molecule has 4 nitrogen and oxygen atoms in total. The molecule has 0 spiro atoms. The predicted octanol–water partition coefficient (Wildman–Crippen LogP) is 15.7. The number of aromatic nitrogens is 3. The molecule has 5 heteroatoms. The van der Waals surface area contributed by atoms with Crippen LogP contribution in [0.1, 0.15) is 124 Å². The fraction of sp³-hybridized carbons (Fsp3) is 0.276. The molecular weight excluding hydrogens is 950 g/mol. The van der Waals surface area contributed by atoms with E-state index in [0.717, 1.165) is 55.6 Å². The second kappa shape index (κ2) is 17.5. The normalized spacial score (nSPS) is 14.2. The smallest absolute Gasteiger partial charge is 0.148 e. The van der Waals surface area contributed by atoms with E-state index in [1.165, 1.54) is 0 Å². The third-order valence-corrected chi connectivity index (χ3v) is 11.8. The first-order valence-corrected chi connectivity index (χ1v) is 21.4. The van der Waals surface area contributed by atoms with Gasteiger partial charge in [-0.2, -0.15) is 0 Å². The first-order valence-electron chi connectivity index (χ1n) is 24.9. The number of hydrogen-bond acceptors (Lipinski definition) is 3. The van der Waals surface area contributed by atoms with E-state index < -0.39 is 19.6 Å². The molecule has 6 aromatic carbocycles. The van der Waals surface area contributed by atoms with E-state index in [2.05, 4.69) is 85.7 Å². The zero-order valence-corrected chi connectivity index (χ0v) is 40.1. The zero-order chi connectivity index (χ0) is 50.2. The summed E-state index contributed by atoms with van der Waals surface area (Å²) in [6.45, 7) is 15.9. The number of benzene rings is 6. The Morgan fingerprint density at radius 3 is 2.03 bits per heavy atom. The number of phenolic OH excluding ortho intramolecular Hbond substituents is 1. The van der Waals surface area contributed by atoms with Crippen LogP contribution < -0.4 is 0 Å². The molecule has 0 saturated carbocycles. The molecular formula is C58H60N3OPt-. The van der Waals surface area contributed by atoms with Gasteiger partial charge in [0.05, 0.1) is 22.3 Å². The number of aryl methyl sites for hydroxylation is 2. The fourth-order valence-corrected chi connectivity index (χ4v) is 7.98. The summed E-state index contributed by atoms with van der Waals surface area (Å²) in [5, 5.41) is 11.7. The summed E-state index contributed by atoms with van der Waals surface area (Å²) < 4.78 is 61.3. The number of para-hydroxylation sites is 1. The van der Waals surface area contributed by atoms with Crippen molar-refractivity contribution < 1.29 is 35.8 Å². The van der Waals surface area contributed by atoms with Gasteiger partial charge in [-0.1, -0.05) is 159 Å². The Kier molecular flexibility index (Phi) is 10.3. The SMILES string of the molecule is [2H]C([2H])([2H])c1ccc(-c2ccnc(-c3[c-]c(-c4cccc5c4nc(-c4cc(C(C)(C)C)ccc4O)n5-c4ccc(-c5cc(C(C)C)cc(C([2H])(C)C)c5)cc4C([2H])([2H])[2H])cc(C(C)(C)C)c3)c2)cc1.[Pt]. The van der Waals surface area contributed by atoms with Crippen molar-refractivity contribution >= 4 is 11.0 Å². The minimum atomic E-state index is -2.57. The quantitative estimate of drug-likeness (QED) is 0.154. The van der Waals surface area contributed by atoms with E-state index in [-0.39, 0.29) is 54.7 Å². The Bertz CT molecular complexity index is 3240. The number of rotatable bonds is 8. The first-order chi connectivity index (χ1) is 32.1. The van der Waals surface area contributed by atoms with Crippen molar-refractivity contribution in [1.29, 1.82) is 0 Å². The molecule has 1 N–H and O–H groups in total. The van der Waals surface area contributed by atoms with Gasteiger partial charge < -0.3 is 5.11 Å². The maximum atomic E-state index is 11.7. The number of imidazole rings is 1. The third-order valence-electron chi connectivity index (χ3n) is 11.8. The average molecular weight is 1020 g/mol. The molecule has 2 aromatic heterocycles. The topological polar surface area (TPSA) is 50.9 Å². The molecule has 8 rings (SSSR count). The van der Waals surface area contributed by atoms with E-state index in [1.54, 1.807) is 30.5 Å². The van der Waals surface area contributed by atoms with E-state index >= 15 is 0 Å². The molecule has 0 bridgehead atoms. The zero-order valence-electron chi connectivity index (χ0n) is 44.8. The van der Waals surface area contributed by atoms with Gasteiger partial charge in [0.1, 0.15) is 11.6 Å². The summed E-state index contributed by atoms with van der Waals surface area (Å²) in [6, 6.07) is 41.7. The van der Waals surface area contributed by atoms with Crippen molar-refractivity contribution in [1.82, 2.24) is 14.5 Å². The molecule has 0 unspecified atom stereocenters. The predicted molar refractivity (Wildman–Crippen MR) is 262 cm³/mol. The van der Waals surface area contributed by atoms with Crippen molar-refractivity contribution in [2.24, 2.45) is 0 Å². The second-order valence-electron chi connectivity index (χ2n) is 19.1. The van der Waals surface area contributed by atoms with Crippen LogP contribution in [0.5, 0.6) is 5.75 Å². The largest absolute Gasteiger partial charge is 0.507 e. The second-order valence-corrected chi connectivity index (χ2v) is 19.1. The molecule has 0 radical (unpaired) electrons. The van der Waals surface area contributed by atoms with Crippen LogP contribution in [-0.4, -0.2) is 19.6 Å². The van der Waals surface area contributed by atoms with E-state index in [4.69, 9.17) is 19.6 Å². The Hall–Kier alpha value is -5.57. The van der Waals surface area contributed by atoms with E-state index in [9.17, 15) is 5.11 Å². The van der Waals surface area contributed by atoms with Crippen molar-refractivity contribution in [2.45, 2.75) is 106 Å². The van der Waals surface area contributed by atoms with Crippen LogP contribution >= 0.6 is 0 Å². The Labute approximate surface area is 399 Å². The first kappa shape index (κ1) is 36.9. The van der Waals surface area contributed by atoms with Gasteiger partial charge in [0.2, 0.25) is 0 Å². The molecule has 63 heavy (non-hydrogen) atoms. The van der Waals surface area contributed by atoms with Crippen molar-refractivity contribution in [2.75, 3.05) is 0 Å². The maximum Gasteiger partial charge on any atom is 0.148 e. The molecule has 324 valence electrons. The van der Waals surface area contributed by atoms with Gasteiger partial charge in [0.15, 0.2) is 0 Å². The summed E-state index contributed by atoms with van der Waals surface area (Å²) in [6.07, 6.45) is 1.75. The summed E-state index contributed by atoms with van der Waals surface area (Å²) in [5.41, 5.74) is 12.0. The van der Waals surface area contributed by atoms with Crippen LogP contribution in [-0.2, 0) is 31.9 Å². The molecule has 0 aliphatic carbocycles. The summed E-state index contributed by atoms with van der Waals surface area (Å²) >= 11 is 0. The number of fused-ring (bicyclic) bond motifs is 1. The Balaban J connectivity index is 0.00000722. The van der Waals surface area contributed by atoms with Crippen LogP contribution in [0.4, 0.5) is 0 Å². The molecule has 0 fully saturated rings. The fourth-order valence-electron chi connectivity index (χ4n) is 7.98. The van der Waals surface area contributed by atoms with Gasteiger partial charge in [0.25, 0.3) is 0 Å². The average Bonchev–Trinajstić information content (AvgIpc) is 3.66. The van der Waals surface area contributed by atoms with Gasteiger partial charge >= 0.3 is 0 Å². The number of pyridine rings is 1.